The number of aromatic nitrogens is 1. The Kier molecular flexibility index (Phi) is 4.98. The van der Waals surface area contributed by atoms with Crippen molar-refractivity contribution in [2.45, 2.75) is 33.2 Å². The SMILES string of the molecule is CC(C)(C)C(NC(=O)Cc1ccc(N)cn1)c1ccc(F)cc1. The van der Waals surface area contributed by atoms with Gasteiger partial charge in [0.05, 0.1) is 24.3 Å². The van der Waals surface area contributed by atoms with Crippen molar-refractivity contribution in [2.24, 2.45) is 5.41 Å². The van der Waals surface area contributed by atoms with Crippen molar-refractivity contribution < 1.29 is 9.18 Å². The highest BCUT2D eigenvalue weighted by molar-refractivity contribution is 5.78. The highest BCUT2D eigenvalue weighted by atomic mass is 19.1. The molecule has 0 aliphatic heterocycles. The van der Waals surface area contributed by atoms with Gasteiger partial charge in [0.25, 0.3) is 0 Å². The molecule has 23 heavy (non-hydrogen) atoms. The first-order chi connectivity index (χ1) is 10.8. The quantitative estimate of drug-likeness (QED) is 0.910. The Labute approximate surface area is 135 Å². The lowest BCUT2D eigenvalue weighted by Gasteiger charge is -2.32. The van der Waals surface area contributed by atoms with Crippen LogP contribution in [0.2, 0.25) is 0 Å². The summed E-state index contributed by atoms with van der Waals surface area (Å²) >= 11 is 0. The van der Waals surface area contributed by atoms with E-state index in [2.05, 4.69) is 10.3 Å². The number of nitrogens with two attached hydrogens (primary N) is 1. The first-order valence-corrected chi connectivity index (χ1v) is 7.51. The molecule has 1 amide bonds. The van der Waals surface area contributed by atoms with Crippen LogP contribution in [0.1, 0.15) is 38.1 Å². The van der Waals surface area contributed by atoms with Crippen LogP contribution < -0.4 is 11.1 Å². The summed E-state index contributed by atoms with van der Waals surface area (Å²) in [5.41, 5.74) is 7.48. The fourth-order valence-corrected chi connectivity index (χ4v) is 2.37. The first kappa shape index (κ1) is 16.9. The standard InChI is InChI=1S/C18H22FN3O/c1-18(2,3)17(12-4-6-13(19)7-5-12)22-16(23)10-15-9-8-14(20)11-21-15/h4-9,11,17H,10,20H2,1-3H3,(H,22,23). The summed E-state index contributed by atoms with van der Waals surface area (Å²) in [6, 6.07) is 9.45. The molecule has 0 radical (unpaired) electrons. The van der Waals surface area contributed by atoms with E-state index >= 15 is 0 Å². The van der Waals surface area contributed by atoms with Gasteiger partial charge in [-0.1, -0.05) is 32.9 Å². The molecule has 5 heteroatoms. The number of anilines is 1. The van der Waals surface area contributed by atoms with Crippen LogP contribution in [-0.2, 0) is 11.2 Å². The Morgan fingerprint density at radius 3 is 2.39 bits per heavy atom. The van der Waals surface area contributed by atoms with E-state index in [9.17, 15) is 9.18 Å². The maximum atomic E-state index is 13.1. The summed E-state index contributed by atoms with van der Waals surface area (Å²) in [6.07, 6.45) is 1.71. The molecule has 1 aromatic heterocycles. The zero-order valence-corrected chi connectivity index (χ0v) is 13.6. The van der Waals surface area contributed by atoms with Crippen molar-refractivity contribution in [3.8, 4) is 0 Å². The highest BCUT2D eigenvalue weighted by Crippen LogP contribution is 2.32. The second-order valence-electron chi connectivity index (χ2n) is 6.68. The molecule has 1 aromatic carbocycles. The van der Waals surface area contributed by atoms with Gasteiger partial charge in [0, 0.05) is 5.69 Å². The van der Waals surface area contributed by atoms with Crippen LogP contribution in [0.4, 0.5) is 10.1 Å². The Morgan fingerprint density at radius 2 is 1.87 bits per heavy atom. The van der Waals surface area contributed by atoms with Crippen LogP contribution in [0.3, 0.4) is 0 Å². The minimum Gasteiger partial charge on any atom is -0.397 e. The first-order valence-electron chi connectivity index (χ1n) is 7.51. The number of halogens is 1. The minimum absolute atomic E-state index is 0.133. The fourth-order valence-electron chi connectivity index (χ4n) is 2.37. The number of nitrogens with one attached hydrogen (secondary N) is 1. The average Bonchev–Trinajstić information content (AvgIpc) is 2.47. The summed E-state index contributed by atoms with van der Waals surface area (Å²) in [6.45, 7) is 6.09. The fraction of sp³-hybridized carbons (Fsp3) is 0.333. The van der Waals surface area contributed by atoms with Crippen molar-refractivity contribution >= 4 is 11.6 Å². The molecule has 0 saturated carbocycles. The second kappa shape index (κ2) is 6.77. The van der Waals surface area contributed by atoms with Crippen molar-refractivity contribution in [2.75, 3.05) is 5.73 Å². The van der Waals surface area contributed by atoms with Gasteiger partial charge in [0.2, 0.25) is 5.91 Å². The summed E-state index contributed by atoms with van der Waals surface area (Å²) < 4.78 is 13.1. The van der Waals surface area contributed by atoms with Gasteiger partial charge in [0.1, 0.15) is 5.82 Å². The molecule has 1 heterocycles. The molecule has 1 atom stereocenters. The van der Waals surface area contributed by atoms with Gasteiger partial charge in [-0.05, 0) is 35.2 Å². The Hall–Kier alpha value is -2.43. The lowest BCUT2D eigenvalue weighted by Crippen LogP contribution is -2.37. The van der Waals surface area contributed by atoms with Crippen LogP contribution in [0.15, 0.2) is 42.6 Å². The third kappa shape index (κ3) is 4.77. The predicted octanol–water partition coefficient (Wildman–Crippen LogP) is 3.25. The van der Waals surface area contributed by atoms with Gasteiger partial charge in [-0.25, -0.2) is 4.39 Å². The molecule has 2 aromatic rings. The van der Waals surface area contributed by atoms with E-state index < -0.39 is 0 Å². The third-order valence-electron chi connectivity index (χ3n) is 3.56. The molecule has 4 nitrogen and oxygen atoms in total. The molecule has 0 spiro atoms. The van der Waals surface area contributed by atoms with Gasteiger partial charge >= 0.3 is 0 Å². The number of nitrogen functional groups attached to an aromatic ring is 1. The topological polar surface area (TPSA) is 68.0 Å². The molecule has 0 saturated heterocycles. The summed E-state index contributed by atoms with van der Waals surface area (Å²) in [7, 11) is 0. The zero-order valence-electron chi connectivity index (χ0n) is 13.6. The molecular formula is C18H22FN3O. The van der Waals surface area contributed by atoms with Crippen LogP contribution in [-0.4, -0.2) is 10.9 Å². The molecule has 0 fully saturated rings. The van der Waals surface area contributed by atoms with Gasteiger partial charge in [-0.15, -0.1) is 0 Å². The summed E-state index contributed by atoms with van der Waals surface area (Å²) in [4.78, 5) is 16.5. The van der Waals surface area contributed by atoms with E-state index in [0.29, 0.717) is 11.4 Å². The maximum absolute atomic E-state index is 13.1. The van der Waals surface area contributed by atoms with E-state index in [4.69, 9.17) is 5.73 Å². The number of benzene rings is 1. The molecule has 0 aliphatic rings. The zero-order chi connectivity index (χ0) is 17.0. The van der Waals surface area contributed by atoms with E-state index in [0.717, 1.165) is 5.56 Å². The Bertz CT molecular complexity index is 660. The number of rotatable bonds is 4. The van der Waals surface area contributed by atoms with Crippen molar-refractivity contribution in [3.63, 3.8) is 0 Å². The Balaban J connectivity index is 2.13. The summed E-state index contributed by atoms with van der Waals surface area (Å²) in [5.74, 6) is -0.426. The number of nitrogens with zero attached hydrogens (tertiary/aromatic N) is 1. The van der Waals surface area contributed by atoms with Crippen LogP contribution >= 0.6 is 0 Å². The molecule has 0 bridgehead atoms. The molecule has 122 valence electrons. The molecule has 3 N–H and O–H groups in total. The lowest BCUT2D eigenvalue weighted by molar-refractivity contribution is -0.122. The number of carbonyl (C=O) groups is 1. The monoisotopic (exact) mass is 315 g/mol. The maximum Gasteiger partial charge on any atom is 0.226 e. The largest absolute Gasteiger partial charge is 0.397 e. The lowest BCUT2D eigenvalue weighted by atomic mass is 9.82. The third-order valence-corrected chi connectivity index (χ3v) is 3.56. The molecule has 2 rings (SSSR count). The molecule has 1 unspecified atom stereocenters. The van der Waals surface area contributed by atoms with Crippen molar-refractivity contribution in [1.82, 2.24) is 10.3 Å². The number of amides is 1. The highest BCUT2D eigenvalue weighted by Gasteiger charge is 2.27. The molecule has 0 aliphatic carbocycles. The Morgan fingerprint density at radius 1 is 1.22 bits per heavy atom. The normalized spacial score (nSPS) is 12.7. The number of hydrogen-bond donors (Lipinski definition) is 2. The van der Waals surface area contributed by atoms with Crippen molar-refractivity contribution in [1.29, 1.82) is 0 Å². The van der Waals surface area contributed by atoms with E-state index in [-0.39, 0.29) is 29.6 Å². The predicted molar refractivity (Wildman–Crippen MR) is 89.1 cm³/mol. The van der Waals surface area contributed by atoms with Gasteiger partial charge < -0.3 is 11.1 Å². The number of pyridine rings is 1. The van der Waals surface area contributed by atoms with Crippen LogP contribution in [0, 0.1) is 11.2 Å². The molecular weight excluding hydrogens is 293 g/mol. The van der Waals surface area contributed by atoms with Gasteiger partial charge in [-0.2, -0.15) is 0 Å². The van der Waals surface area contributed by atoms with Gasteiger partial charge in [0.15, 0.2) is 0 Å². The van der Waals surface area contributed by atoms with Crippen LogP contribution in [0.5, 0.6) is 0 Å². The summed E-state index contributed by atoms with van der Waals surface area (Å²) in [5, 5.41) is 3.02. The number of hydrogen-bond acceptors (Lipinski definition) is 3. The van der Waals surface area contributed by atoms with Gasteiger partial charge in [-0.3, -0.25) is 9.78 Å². The minimum atomic E-state index is -0.293. The second-order valence-corrected chi connectivity index (χ2v) is 6.68. The number of carbonyl (C=O) groups excluding carboxylic acids is 1. The van der Waals surface area contributed by atoms with Crippen molar-refractivity contribution in [3.05, 3.63) is 59.7 Å². The average molecular weight is 315 g/mol. The van der Waals surface area contributed by atoms with E-state index in [1.165, 1.54) is 18.3 Å². The van der Waals surface area contributed by atoms with Crippen LogP contribution in [0.25, 0.3) is 0 Å². The smallest absolute Gasteiger partial charge is 0.226 e. The van der Waals surface area contributed by atoms with E-state index in [1.54, 1.807) is 24.3 Å². The van der Waals surface area contributed by atoms with E-state index in [1.807, 2.05) is 20.8 Å².